The van der Waals surface area contributed by atoms with E-state index >= 15 is 0 Å². The lowest BCUT2D eigenvalue weighted by atomic mass is 10.1. The van der Waals surface area contributed by atoms with Crippen LogP contribution in [0.2, 0.25) is 0 Å². The first-order valence-corrected chi connectivity index (χ1v) is 8.06. The number of aromatic nitrogens is 1. The fourth-order valence-corrected chi connectivity index (χ4v) is 3.48. The third-order valence-electron chi connectivity index (χ3n) is 2.43. The summed E-state index contributed by atoms with van der Waals surface area (Å²) in [5, 5.41) is 3.32. The predicted molar refractivity (Wildman–Crippen MR) is 83.0 cm³/mol. The summed E-state index contributed by atoms with van der Waals surface area (Å²) in [5.74, 6) is 2.95. The second-order valence-corrected chi connectivity index (χ2v) is 6.63. The Morgan fingerprint density at radius 2 is 2.00 bits per heavy atom. The number of anilines is 1. The minimum Gasteiger partial charge on any atom is -0.399 e. The Bertz CT molecular complexity index is 489. The minimum absolute atomic E-state index is 0.742. The summed E-state index contributed by atoms with van der Waals surface area (Å²) in [7, 11) is 0. The van der Waals surface area contributed by atoms with Gasteiger partial charge >= 0.3 is 0 Å². The van der Waals surface area contributed by atoms with Crippen LogP contribution in [0.25, 0.3) is 11.3 Å². The van der Waals surface area contributed by atoms with Crippen LogP contribution >= 0.6 is 23.1 Å². The summed E-state index contributed by atoms with van der Waals surface area (Å²) in [5.41, 5.74) is 8.67. The molecule has 2 N–H and O–H groups in total. The lowest BCUT2D eigenvalue weighted by Crippen LogP contribution is -1.91. The van der Waals surface area contributed by atoms with Crippen molar-refractivity contribution in [3.8, 4) is 11.3 Å². The summed E-state index contributed by atoms with van der Waals surface area (Å²) in [6.45, 7) is 4.49. The van der Waals surface area contributed by atoms with Gasteiger partial charge in [0.1, 0.15) is 5.01 Å². The first-order chi connectivity index (χ1) is 8.65. The van der Waals surface area contributed by atoms with Gasteiger partial charge in [0.25, 0.3) is 0 Å². The van der Waals surface area contributed by atoms with Crippen LogP contribution < -0.4 is 5.73 Å². The third-order valence-corrected chi connectivity index (χ3v) is 4.85. The lowest BCUT2D eigenvalue weighted by molar-refractivity contribution is 0.750. The van der Waals surface area contributed by atoms with Crippen molar-refractivity contribution >= 4 is 28.8 Å². The number of benzene rings is 1. The van der Waals surface area contributed by atoms with Gasteiger partial charge in [-0.15, -0.1) is 11.3 Å². The van der Waals surface area contributed by atoms with Crippen LogP contribution in [-0.2, 0) is 5.75 Å². The molecule has 0 unspecified atom stereocenters. The molecule has 0 spiro atoms. The largest absolute Gasteiger partial charge is 0.399 e. The topological polar surface area (TPSA) is 38.9 Å². The van der Waals surface area contributed by atoms with Crippen LogP contribution in [0.1, 0.15) is 18.9 Å². The first-order valence-electron chi connectivity index (χ1n) is 6.03. The molecule has 0 atom stereocenters. The number of nitrogens with two attached hydrogens (primary N) is 1. The van der Waals surface area contributed by atoms with E-state index in [-0.39, 0.29) is 0 Å². The monoisotopic (exact) mass is 278 g/mol. The van der Waals surface area contributed by atoms with Crippen LogP contribution in [0.4, 0.5) is 5.69 Å². The smallest absolute Gasteiger partial charge is 0.103 e. The molecule has 2 nitrogen and oxygen atoms in total. The van der Waals surface area contributed by atoms with Gasteiger partial charge in [0.15, 0.2) is 0 Å². The molecule has 0 saturated heterocycles. The number of hydrogen-bond acceptors (Lipinski definition) is 4. The Hall–Kier alpha value is -1.00. The molecule has 4 heteroatoms. The molecule has 1 aromatic carbocycles. The van der Waals surface area contributed by atoms with Gasteiger partial charge in [-0.25, -0.2) is 4.98 Å². The molecule has 1 aromatic heterocycles. The van der Waals surface area contributed by atoms with Crippen molar-refractivity contribution in [3.63, 3.8) is 0 Å². The van der Waals surface area contributed by atoms with Crippen LogP contribution in [0.15, 0.2) is 29.6 Å². The highest BCUT2D eigenvalue weighted by molar-refractivity contribution is 7.98. The van der Waals surface area contributed by atoms with E-state index in [9.17, 15) is 0 Å². The molecular formula is C14H18N2S2. The zero-order chi connectivity index (χ0) is 13.0. The number of nitrogens with zero attached hydrogens (tertiary/aromatic N) is 1. The predicted octanol–water partition coefficient (Wildman–Crippen LogP) is 4.28. The zero-order valence-electron chi connectivity index (χ0n) is 10.7. The lowest BCUT2D eigenvalue weighted by Gasteiger charge is -2.01. The van der Waals surface area contributed by atoms with Crippen molar-refractivity contribution in [2.45, 2.75) is 19.6 Å². The average Bonchev–Trinajstić information content (AvgIpc) is 2.78. The number of thiazole rings is 1. The fraction of sp³-hybridized carbons (Fsp3) is 0.357. The number of nitrogen functional groups attached to an aromatic ring is 1. The van der Waals surface area contributed by atoms with E-state index in [4.69, 9.17) is 5.73 Å². The van der Waals surface area contributed by atoms with E-state index in [0.717, 1.165) is 28.6 Å². The van der Waals surface area contributed by atoms with Gasteiger partial charge in [0, 0.05) is 22.4 Å². The molecule has 0 aliphatic carbocycles. The van der Waals surface area contributed by atoms with Crippen molar-refractivity contribution in [2.24, 2.45) is 5.92 Å². The Kier molecular flexibility index (Phi) is 4.66. The highest BCUT2D eigenvalue weighted by Crippen LogP contribution is 2.25. The van der Waals surface area contributed by atoms with E-state index in [1.807, 2.05) is 36.0 Å². The van der Waals surface area contributed by atoms with Gasteiger partial charge in [-0.2, -0.15) is 11.8 Å². The molecule has 0 bridgehead atoms. The normalized spacial score (nSPS) is 11.1. The third kappa shape index (κ3) is 3.75. The van der Waals surface area contributed by atoms with Crippen molar-refractivity contribution in [2.75, 3.05) is 11.5 Å². The van der Waals surface area contributed by atoms with Gasteiger partial charge in [-0.3, -0.25) is 0 Å². The van der Waals surface area contributed by atoms with Gasteiger partial charge < -0.3 is 5.73 Å². The number of hydrogen-bond donors (Lipinski definition) is 1. The summed E-state index contributed by atoms with van der Waals surface area (Å²) < 4.78 is 0. The van der Waals surface area contributed by atoms with E-state index in [0.29, 0.717) is 0 Å². The molecule has 1 heterocycles. The Balaban J connectivity index is 1.99. The number of rotatable bonds is 5. The molecule has 2 aromatic rings. The Morgan fingerprint density at radius 3 is 2.67 bits per heavy atom. The van der Waals surface area contributed by atoms with Crippen LogP contribution in [0.5, 0.6) is 0 Å². The molecule has 96 valence electrons. The molecular weight excluding hydrogens is 260 g/mol. The maximum atomic E-state index is 5.68. The minimum atomic E-state index is 0.742. The highest BCUT2D eigenvalue weighted by Gasteiger charge is 2.05. The van der Waals surface area contributed by atoms with Crippen LogP contribution in [-0.4, -0.2) is 10.7 Å². The van der Waals surface area contributed by atoms with Crippen LogP contribution in [0.3, 0.4) is 0 Å². The van der Waals surface area contributed by atoms with Crippen molar-refractivity contribution in [1.82, 2.24) is 4.98 Å². The summed E-state index contributed by atoms with van der Waals surface area (Å²) in [6.07, 6.45) is 0. The average molecular weight is 278 g/mol. The van der Waals surface area contributed by atoms with Crippen molar-refractivity contribution < 1.29 is 0 Å². The molecule has 0 aliphatic heterocycles. The first kappa shape index (κ1) is 13.4. The quantitative estimate of drug-likeness (QED) is 0.830. The molecule has 2 rings (SSSR count). The summed E-state index contributed by atoms with van der Waals surface area (Å²) >= 11 is 3.69. The molecule has 0 radical (unpaired) electrons. The standard InChI is InChI=1S/C14H18N2S2/c1-10(2)7-17-9-14-16-13(8-18-14)11-3-5-12(15)6-4-11/h3-6,8,10H,7,9,15H2,1-2H3. The highest BCUT2D eigenvalue weighted by atomic mass is 32.2. The maximum Gasteiger partial charge on any atom is 0.103 e. The number of thioether (sulfide) groups is 1. The van der Waals surface area contributed by atoms with Crippen molar-refractivity contribution in [3.05, 3.63) is 34.7 Å². The fourth-order valence-electron chi connectivity index (χ4n) is 1.55. The van der Waals surface area contributed by atoms with Crippen molar-refractivity contribution in [1.29, 1.82) is 0 Å². The zero-order valence-corrected chi connectivity index (χ0v) is 12.4. The van der Waals surface area contributed by atoms with E-state index in [1.165, 1.54) is 10.8 Å². The molecule has 18 heavy (non-hydrogen) atoms. The maximum absolute atomic E-state index is 5.68. The second-order valence-electron chi connectivity index (χ2n) is 4.66. The van der Waals surface area contributed by atoms with E-state index in [2.05, 4.69) is 24.2 Å². The van der Waals surface area contributed by atoms with Gasteiger partial charge in [-0.1, -0.05) is 26.0 Å². The summed E-state index contributed by atoms with van der Waals surface area (Å²) in [6, 6.07) is 7.88. The van der Waals surface area contributed by atoms with Gasteiger partial charge in [-0.05, 0) is 23.8 Å². The SMILES string of the molecule is CC(C)CSCc1nc(-c2ccc(N)cc2)cs1. The Morgan fingerprint density at radius 1 is 1.28 bits per heavy atom. The molecule has 0 saturated carbocycles. The van der Waals surface area contributed by atoms with Crippen LogP contribution in [0, 0.1) is 5.92 Å². The summed E-state index contributed by atoms with van der Waals surface area (Å²) in [4.78, 5) is 4.66. The van der Waals surface area contributed by atoms with E-state index < -0.39 is 0 Å². The molecule has 0 aliphatic rings. The van der Waals surface area contributed by atoms with Gasteiger partial charge in [0.05, 0.1) is 5.69 Å². The molecule has 0 amide bonds. The van der Waals surface area contributed by atoms with Gasteiger partial charge in [0.2, 0.25) is 0 Å². The molecule has 0 fully saturated rings. The Labute approximate surface area is 117 Å². The second kappa shape index (κ2) is 6.25. The van der Waals surface area contributed by atoms with E-state index in [1.54, 1.807) is 11.3 Å².